The summed E-state index contributed by atoms with van der Waals surface area (Å²) in [5.74, 6) is -1.15. The number of carboxylic acid groups (broad SMARTS) is 1. The Morgan fingerprint density at radius 2 is 2.27 bits per heavy atom. The first-order valence-electron chi connectivity index (χ1n) is 6.69. The highest BCUT2D eigenvalue weighted by Gasteiger charge is 2.44. The number of aliphatic carboxylic acids is 1. The Labute approximate surface area is 129 Å². The summed E-state index contributed by atoms with van der Waals surface area (Å²) in [7, 11) is 0. The van der Waals surface area contributed by atoms with Gasteiger partial charge in [0.15, 0.2) is 0 Å². The molecule has 0 radical (unpaired) electrons. The first-order valence-corrected chi connectivity index (χ1v) is 7.07. The maximum atomic E-state index is 13.2. The third-order valence-electron chi connectivity index (χ3n) is 4.01. The van der Waals surface area contributed by atoms with Gasteiger partial charge in [-0.3, -0.25) is 4.57 Å². The molecule has 1 aromatic heterocycles. The van der Waals surface area contributed by atoms with Crippen molar-refractivity contribution >= 4 is 17.6 Å². The summed E-state index contributed by atoms with van der Waals surface area (Å²) < 4.78 is 15.6. The molecule has 1 aromatic carbocycles. The topological polar surface area (TPSA) is 77.1 Å². The molecule has 1 aliphatic rings. The second-order valence-corrected chi connectivity index (χ2v) is 5.93. The van der Waals surface area contributed by atoms with Gasteiger partial charge in [-0.05, 0) is 31.0 Å². The molecule has 0 amide bonds. The van der Waals surface area contributed by atoms with E-state index in [4.69, 9.17) is 11.6 Å². The van der Waals surface area contributed by atoms with Crippen molar-refractivity contribution in [2.24, 2.45) is 0 Å². The number of benzene rings is 1. The van der Waals surface area contributed by atoms with Crippen LogP contribution >= 0.6 is 11.6 Å². The number of rotatable bonds is 3. The van der Waals surface area contributed by atoms with Gasteiger partial charge in [0, 0.05) is 6.42 Å². The van der Waals surface area contributed by atoms with Crippen LogP contribution in [0.1, 0.15) is 24.7 Å². The lowest BCUT2D eigenvalue weighted by atomic mass is 10.00. The van der Waals surface area contributed by atoms with Crippen molar-refractivity contribution in [3.8, 4) is 0 Å². The van der Waals surface area contributed by atoms with Crippen molar-refractivity contribution in [2.45, 2.75) is 31.8 Å². The van der Waals surface area contributed by atoms with Gasteiger partial charge < -0.3 is 5.11 Å². The van der Waals surface area contributed by atoms with E-state index in [-0.39, 0.29) is 11.6 Å². The van der Waals surface area contributed by atoms with Crippen LogP contribution in [0.3, 0.4) is 0 Å². The van der Waals surface area contributed by atoms with Crippen LogP contribution in [-0.2, 0) is 23.3 Å². The van der Waals surface area contributed by atoms with E-state index in [1.807, 2.05) is 0 Å². The second kappa shape index (κ2) is 4.95. The van der Waals surface area contributed by atoms with Gasteiger partial charge in [0.05, 0.1) is 11.6 Å². The van der Waals surface area contributed by atoms with Crippen LogP contribution in [0.2, 0.25) is 5.02 Å². The molecular weight excluding hydrogens is 313 g/mol. The third kappa shape index (κ3) is 2.12. The molecule has 0 aliphatic carbocycles. The van der Waals surface area contributed by atoms with Gasteiger partial charge in [-0.1, -0.05) is 17.7 Å². The lowest BCUT2D eigenvalue weighted by molar-refractivity contribution is -0.146. The van der Waals surface area contributed by atoms with Crippen LogP contribution in [-0.4, -0.2) is 25.4 Å². The van der Waals surface area contributed by atoms with Gasteiger partial charge >= 0.3 is 11.7 Å². The summed E-state index contributed by atoms with van der Waals surface area (Å²) in [5.41, 5.74) is -1.15. The van der Waals surface area contributed by atoms with Gasteiger partial charge in [-0.2, -0.15) is 5.10 Å². The highest BCUT2D eigenvalue weighted by atomic mass is 35.5. The fraction of sp³-hybridized carbons (Fsp3) is 0.357. The molecule has 8 heteroatoms. The number of nitrogens with zero attached hydrogens (tertiary/aromatic N) is 3. The molecule has 0 saturated heterocycles. The van der Waals surface area contributed by atoms with Crippen LogP contribution < -0.4 is 5.69 Å². The van der Waals surface area contributed by atoms with Crippen molar-refractivity contribution in [3.05, 3.63) is 50.9 Å². The fourth-order valence-corrected chi connectivity index (χ4v) is 2.90. The number of hydrogen-bond acceptors (Lipinski definition) is 3. The Bertz CT molecular complexity index is 829. The van der Waals surface area contributed by atoms with Gasteiger partial charge in [0.25, 0.3) is 0 Å². The Balaban J connectivity index is 2.00. The number of aryl methyl sites for hydroxylation is 1. The van der Waals surface area contributed by atoms with E-state index >= 15 is 0 Å². The molecular formula is C14H13ClFN3O3. The molecule has 0 bridgehead atoms. The van der Waals surface area contributed by atoms with E-state index in [2.05, 4.69) is 5.10 Å². The lowest BCUT2D eigenvalue weighted by Gasteiger charge is -2.19. The molecule has 3 rings (SSSR count). The number of carboxylic acids is 1. The smallest absolute Gasteiger partial charge is 0.347 e. The van der Waals surface area contributed by atoms with Crippen molar-refractivity contribution in [1.29, 1.82) is 0 Å². The predicted octanol–water partition coefficient (Wildman–Crippen LogP) is 1.63. The van der Waals surface area contributed by atoms with Gasteiger partial charge in [0.2, 0.25) is 0 Å². The molecule has 22 heavy (non-hydrogen) atoms. The molecule has 1 aliphatic heterocycles. The quantitative estimate of drug-likeness (QED) is 0.930. The molecule has 0 saturated carbocycles. The SMILES string of the molecule is C[C@@]1(C(=O)O)CCc2nn(Cc3ccc(F)c(Cl)c3)c(=O)n21. The molecule has 0 fully saturated rings. The summed E-state index contributed by atoms with van der Waals surface area (Å²) in [4.78, 5) is 23.9. The van der Waals surface area contributed by atoms with E-state index in [1.165, 1.54) is 34.4 Å². The third-order valence-corrected chi connectivity index (χ3v) is 4.30. The van der Waals surface area contributed by atoms with Gasteiger partial charge in [-0.25, -0.2) is 18.7 Å². The molecule has 2 aromatic rings. The molecule has 0 unspecified atom stereocenters. The molecule has 1 N–H and O–H groups in total. The van der Waals surface area contributed by atoms with Crippen LogP contribution in [0.25, 0.3) is 0 Å². The Kier molecular flexibility index (Phi) is 3.32. The summed E-state index contributed by atoms with van der Waals surface area (Å²) >= 11 is 5.72. The Morgan fingerprint density at radius 1 is 1.55 bits per heavy atom. The Hall–Kier alpha value is -2.15. The summed E-state index contributed by atoms with van der Waals surface area (Å²) in [6.07, 6.45) is 0.762. The number of fused-ring (bicyclic) bond motifs is 1. The molecule has 1 atom stereocenters. The van der Waals surface area contributed by atoms with Crippen LogP contribution in [0, 0.1) is 5.82 Å². The first-order chi connectivity index (χ1) is 10.3. The zero-order valence-corrected chi connectivity index (χ0v) is 12.5. The van der Waals surface area contributed by atoms with E-state index in [9.17, 15) is 19.1 Å². The van der Waals surface area contributed by atoms with Crippen molar-refractivity contribution < 1.29 is 14.3 Å². The number of aromatic nitrogens is 3. The lowest BCUT2D eigenvalue weighted by Crippen LogP contribution is -2.43. The molecule has 2 heterocycles. The molecule has 6 nitrogen and oxygen atoms in total. The zero-order valence-electron chi connectivity index (χ0n) is 11.7. The minimum atomic E-state index is -1.27. The molecule has 116 valence electrons. The van der Waals surface area contributed by atoms with Crippen molar-refractivity contribution in [2.75, 3.05) is 0 Å². The zero-order chi connectivity index (χ0) is 16.1. The average molecular weight is 326 g/mol. The van der Waals surface area contributed by atoms with Crippen molar-refractivity contribution in [3.63, 3.8) is 0 Å². The monoisotopic (exact) mass is 325 g/mol. The van der Waals surface area contributed by atoms with Crippen LogP contribution in [0.5, 0.6) is 0 Å². The largest absolute Gasteiger partial charge is 0.479 e. The van der Waals surface area contributed by atoms with Crippen LogP contribution in [0.15, 0.2) is 23.0 Å². The van der Waals surface area contributed by atoms with E-state index in [0.29, 0.717) is 24.2 Å². The molecule has 0 spiro atoms. The summed E-state index contributed by atoms with van der Waals surface area (Å²) in [6, 6.07) is 4.15. The van der Waals surface area contributed by atoms with Gasteiger partial charge in [-0.15, -0.1) is 0 Å². The average Bonchev–Trinajstić information content (AvgIpc) is 2.95. The maximum absolute atomic E-state index is 13.2. The summed E-state index contributed by atoms with van der Waals surface area (Å²) in [5, 5.41) is 13.5. The minimum absolute atomic E-state index is 0.0346. The standard InChI is InChI=1S/C14H13ClFN3O3/c1-14(12(20)21)5-4-11-17-18(13(22)19(11)14)7-8-2-3-10(16)9(15)6-8/h2-3,6H,4-5,7H2,1H3,(H,20,21)/t14-/m0/s1. The second-order valence-electron chi connectivity index (χ2n) is 5.52. The number of hydrogen-bond donors (Lipinski definition) is 1. The van der Waals surface area contributed by atoms with Gasteiger partial charge in [0.1, 0.15) is 17.2 Å². The van der Waals surface area contributed by atoms with E-state index < -0.39 is 23.0 Å². The number of carbonyl (C=O) groups is 1. The predicted molar refractivity (Wildman–Crippen MR) is 76.6 cm³/mol. The van der Waals surface area contributed by atoms with E-state index in [0.717, 1.165) is 0 Å². The minimum Gasteiger partial charge on any atom is -0.479 e. The highest BCUT2D eigenvalue weighted by Crippen LogP contribution is 2.29. The normalized spacial score (nSPS) is 20.1. The summed E-state index contributed by atoms with van der Waals surface area (Å²) in [6.45, 7) is 1.61. The highest BCUT2D eigenvalue weighted by molar-refractivity contribution is 6.30. The number of halogens is 2. The van der Waals surface area contributed by atoms with E-state index in [1.54, 1.807) is 0 Å². The Morgan fingerprint density at radius 3 is 2.91 bits per heavy atom. The van der Waals surface area contributed by atoms with Crippen LogP contribution in [0.4, 0.5) is 4.39 Å². The fourth-order valence-electron chi connectivity index (χ4n) is 2.69. The first kappa shape index (κ1) is 14.8. The maximum Gasteiger partial charge on any atom is 0.347 e. The van der Waals surface area contributed by atoms with Crippen molar-refractivity contribution in [1.82, 2.24) is 14.3 Å².